The molecule has 0 aliphatic carbocycles. The van der Waals surface area contributed by atoms with Crippen LogP contribution in [0.5, 0.6) is 0 Å². The second kappa shape index (κ2) is 56.2. The molecular weight excluding hydrogens is 1550 g/mol. The molecule has 0 amide bonds. The van der Waals surface area contributed by atoms with E-state index in [4.69, 9.17) is 0 Å². The predicted molar refractivity (Wildman–Crippen MR) is 481 cm³/mol. The minimum absolute atomic E-state index is 0. The average molecular weight is 1690 g/mol. The minimum Gasteiger partial charge on any atom is -1.00 e. The summed E-state index contributed by atoms with van der Waals surface area (Å²) in [5.41, 5.74) is 12.5. The van der Waals surface area contributed by atoms with Gasteiger partial charge in [-0.05, 0) is 237 Å². The van der Waals surface area contributed by atoms with E-state index in [2.05, 4.69) is 278 Å². The van der Waals surface area contributed by atoms with Crippen molar-refractivity contribution in [1.82, 2.24) is 4.31 Å². The zero-order valence-corrected chi connectivity index (χ0v) is 74.0. The zero-order valence-electron chi connectivity index (χ0n) is 70.2. The van der Waals surface area contributed by atoms with Gasteiger partial charge in [0, 0.05) is 14.1 Å². The molecular formula is C102H143BF4INO2S2. The van der Waals surface area contributed by atoms with Crippen molar-refractivity contribution in [2.24, 2.45) is 52.3 Å². The summed E-state index contributed by atoms with van der Waals surface area (Å²) in [6, 6.07) is 100. The van der Waals surface area contributed by atoms with Crippen molar-refractivity contribution in [3.05, 3.63) is 317 Å². The van der Waals surface area contributed by atoms with Gasteiger partial charge in [-0.3, -0.25) is 12.9 Å². The smallest absolute Gasteiger partial charge is 0.762 e. The van der Waals surface area contributed by atoms with E-state index in [9.17, 15) is 21.4 Å². The van der Waals surface area contributed by atoms with Gasteiger partial charge in [-0.1, -0.05) is 353 Å². The summed E-state index contributed by atoms with van der Waals surface area (Å²) in [7, 11) is -3.40. The largest absolute Gasteiger partial charge is 1.00 e. The van der Waals surface area contributed by atoms with E-state index >= 15 is 0 Å². The summed E-state index contributed by atoms with van der Waals surface area (Å²) >= 11 is 0. The Morgan fingerprint density at radius 3 is 0.903 bits per heavy atom. The van der Waals surface area contributed by atoms with E-state index in [0.717, 1.165) is 36.0 Å². The van der Waals surface area contributed by atoms with Crippen LogP contribution in [0.3, 0.4) is 0 Å². The number of rotatable bonds is 43. The first-order chi connectivity index (χ1) is 52.8. The third-order valence-electron chi connectivity index (χ3n) is 22.1. The third-order valence-corrected chi connectivity index (χ3v) is 25.2. The van der Waals surface area contributed by atoms with Gasteiger partial charge in [0.25, 0.3) is 0 Å². The highest BCUT2D eigenvalue weighted by Gasteiger charge is 2.35. The number of hydrogen-bond acceptors (Lipinski definition) is 2. The van der Waals surface area contributed by atoms with Crippen LogP contribution in [-0.4, -0.2) is 50.5 Å². The summed E-state index contributed by atoms with van der Waals surface area (Å²) in [5.74, 6) is 5.55. The Morgan fingerprint density at radius 2 is 0.584 bits per heavy atom. The molecule has 0 bridgehead atoms. The maximum Gasteiger partial charge on any atom is 0.762 e. The Kier molecular flexibility index (Phi) is 50.2. The van der Waals surface area contributed by atoms with Crippen molar-refractivity contribution in [2.75, 3.05) is 38.6 Å². The SMILES string of the molecule is C.CC(C)(C)CCC(CCc1ccccc1)CCC(CCc1ccccc1)CCC(CCc1ccccc1)C(CCc1ccccc1)C(CCCC(CCc1ccccc1)C(CCc1ccccc1)CC(C)(C)C)CCc1ccccc1.CN(C)[S+](=O)(CCCc1ccccc1)c1ccccc1.C[S+](C)(C)=O.FB(F)F.[F-].[I-]. The minimum atomic E-state index is -3.67. The fourth-order valence-corrected chi connectivity index (χ4v) is 18.4. The molecule has 0 aliphatic heterocycles. The number of hydrogen-bond donors (Lipinski definition) is 0. The third kappa shape index (κ3) is 45.2. The first-order valence-electron chi connectivity index (χ1n) is 41.6. The van der Waals surface area contributed by atoms with Gasteiger partial charge in [0.15, 0.2) is 15.0 Å². The number of halogens is 5. The summed E-state index contributed by atoms with van der Waals surface area (Å²) in [6.07, 6.45) is 37.5. The van der Waals surface area contributed by atoms with Crippen molar-refractivity contribution < 1.29 is 50.0 Å². The summed E-state index contributed by atoms with van der Waals surface area (Å²) in [4.78, 5) is 0.929. The van der Waals surface area contributed by atoms with Crippen LogP contribution >= 0.6 is 0 Å². The molecule has 0 fully saturated rings. The van der Waals surface area contributed by atoms with Gasteiger partial charge in [0.2, 0.25) is 0 Å². The van der Waals surface area contributed by atoms with Gasteiger partial charge < -0.3 is 28.7 Å². The Hall–Kier alpha value is -6.25. The molecule has 618 valence electrons. The van der Waals surface area contributed by atoms with E-state index in [1.165, 1.54) is 192 Å². The van der Waals surface area contributed by atoms with E-state index in [0.29, 0.717) is 40.8 Å². The second-order valence-corrected chi connectivity index (χ2v) is 40.9. The van der Waals surface area contributed by atoms with Crippen molar-refractivity contribution in [1.29, 1.82) is 0 Å². The lowest BCUT2D eigenvalue weighted by Gasteiger charge is -2.37. The van der Waals surface area contributed by atoms with Gasteiger partial charge in [0.05, 0.1) is 9.93 Å². The fourth-order valence-electron chi connectivity index (χ4n) is 16.2. The van der Waals surface area contributed by atoms with Crippen molar-refractivity contribution >= 4 is 27.6 Å². The highest BCUT2D eigenvalue weighted by Crippen LogP contribution is 2.43. The molecule has 0 saturated carbocycles. The summed E-state index contributed by atoms with van der Waals surface area (Å²) in [6.45, 7) is 14.8. The molecule has 113 heavy (non-hydrogen) atoms. The molecule has 0 heterocycles. The topological polar surface area (TPSA) is 37.4 Å². The molecule has 0 saturated heterocycles. The molecule has 9 aromatic rings. The maximum atomic E-state index is 13.2. The second-order valence-electron chi connectivity index (χ2n) is 34.6. The molecule has 8 unspecified atom stereocenters. The molecule has 9 rings (SSSR count). The Labute approximate surface area is 705 Å². The van der Waals surface area contributed by atoms with Gasteiger partial charge in [-0.2, -0.15) is 0 Å². The lowest BCUT2D eigenvalue weighted by molar-refractivity contribution is -0.001000. The normalized spacial score (nSPS) is 13.8. The van der Waals surface area contributed by atoms with E-state index in [-0.39, 0.29) is 41.5 Å². The van der Waals surface area contributed by atoms with Crippen LogP contribution in [0.4, 0.5) is 12.9 Å². The molecule has 0 aliphatic rings. The Morgan fingerprint density at radius 1 is 0.327 bits per heavy atom. The molecule has 3 nitrogen and oxygen atoms in total. The predicted octanol–water partition coefficient (Wildman–Crippen LogP) is 22.3. The molecule has 0 spiro atoms. The molecule has 0 N–H and O–H groups in total. The highest BCUT2D eigenvalue weighted by atomic mass is 127. The van der Waals surface area contributed by atoms with Crippen LogP contribution in [0.1, 0.15) is 209 Å². The van der Waals surface area contributed by atoms with E-state index < -0.39 is 27.6 Å². The van der Waals surface area contributed by atoms with Crippen molar-refractivity contribution in [3.63, 3.8) is 0 Å². The van der Waals surface area contributed by atoms with Gasteiger partial charge in [-0.25, -0.2) is 0 Å². The van der Waals surface area contributed by atoms with Crippen LogP contribution in [0.15, 0.2) is 278 Å². The molecule has 0 aromatic heterocycles. The standard InChI is InChI=1S/C81H108.C17H22NOS.C3H9OS.CH4.BF3.FH.HI/c1-80(2,3)64-63-74(49-46-67-31-16-8-17-32-67)50-48-73(47-45-66-29-14-7-15-30-66)54-60-77(59-53-70-37-22-11-23-38-70)79(62-56-72-41-26-13-27-42-72)76(58-52-69-35-20-10-21-36-69)44-28-43-75(57-51-68-33-18-9-19-34-68)78(65-81(4,5)6)61-55-71-39-24-12-25-40-71;1-18(2)20(19,17-13-7-4-8-14-17)15-9-12-16-10-5-3-6-11-16;1-5(2,3)4;;2-1(3)4;;/h7-27,29-42,73-79H,28,43-65H2,1-6H3;3-8,10-11,13-14H,9,12,15H2,1-2H3;1-3H3;1H4;;2*1H/q;2*+1;;;;/p-2. The molecule has 0 radical (unpaired) electrons. The van der Waals surface area contributed by atoms with Crippen molar-refractivity contribution in [2.45, 2.75) is 221 Å². The first kappa shape index (κ1) is 101. The summed E-state index contributed by atoms with van der Waals surface area (Å²) in [5, 5.41) is 0. The average Bonchev–Trinajstić information content (AvgIpc) is 0.819. The van der Waals surface area contributed by atoms with Gasteiger partial charge in [-0.15, -0.1) is 8.51 Å². The number of nitrogens with zero attached hydrogens (tertiary/aromatic N) is 1. The lowest BCUT2D eigenvalue weighted by atomic mass is 9.68. The van der Waals surface area contributed by atoms with Gasteiger partial charge in [0.1, 0.15) is 24.5 Å². The monoisotopic (exact) mass is 1690 g/mol. The van der Waals surface area contributed by atoms with Crippen LogP contribution in [0.2, 0.25) is 0 Å². The number of aryl methyl sites for hydroxylation is 8. The molecule has 9 aromatic carbocycles. The van der Waals surface area contributed by atoms with Crippen LogP contribution in [-0.2, 0) is 79.8 Å². The number of benzene rings is 9. The highest BCUT2D eigenvalue weighted by molar-refractivity contribution is 8.01. The van der Waals surface area contributed by atoms with E-state index in [1.807, 2.05) is 54.8 Å². The van der Waals surface area contributed by atoms with Crippen LogP contribution in [0.25, 0.3) is 0 Å². The van der Waals surface area contributed by atoms with Crippen LogP contribution < -0.4 is 28.7 Å². The lowest BCUT2D eigenvalue weighted by Crippen LogP contribution is -3.00. The zero-order chi connectivity index (χ0) is 79.3. The Bertz CT molecular complexity index is 3840. The van der Waals surface area contributed by atoms with E-state index in [1.54, 1.807) is 18.8 Å². The quantitative estimate of drug-likeness (QED) is 0.0165. The molecule has 11 heteroatoms. The van der Waals surface area contributed by atoms with Crippen molar-refractivity contribution in [3.8, 4) is 0 Å². The first-order valence-corrected chi connectivity index (χ1v) is 46.1. The summed E-state index contributed by atoms with van der Waals surface area (Å²) < 4.78 is 54.3. The van der Waals surface area contributed by atoms with Gasteiger partial charge >= 0.3 is 7.54 Å². The maximum absolute atomic E-state index is 13.2. The fraction of sp³-hybridized carbons (Fsp3) is 0.471. The molecule has 8 atom stereocenters. The van der Waals surface area contributed by atoms with Crippen LogP contribution in [0, 0.1) is 52.3 Å². The Balaban J connectivity index is 0.000000865.